The molecule has 0 aliphatic rings. The normalized spacial score (nSPS) is 11.2. The van der Waals surface area contributed by atoms with Crippen molar-refractivity contribution in [2.24, 2.45) is 0 Å². The minimum Gasteiger partial charge on any atom is -0.296 e. The molecule has 13 heavy (non-hydrogen) atoms. The molecule has 0 N–H and O–H groups in total. The Kier molecular flexibility index (Phi) is 2.72. The molecule has 0 radical (unpaired) electrons. The van der Waals surface area contributed by atoms with Crippen molar-refractivity contribution in [1.82, 2.24) is 9.97 Å². The highest BCUT2D eigenvalue weighted by molar-refractivity contribution is 7.89. The summed E-state index contributed by atoms with van der Waals surface area (Å²) >= 11 is 0. The van der Waals surface area contributed by atoms with Crippen molar-refractivity contribution >= 4 is 16.1 Å². The van der Waals surface area contributed by atoms with Gasteiger partial charge in [0, 0.05) is 12.5 Å². The van der Waals surface area contributed by atoms with Gasteiger partial charge in [0.05, 0.1) is 0 Å². The van der Waals surface area contributed by atoms with Gasteiger partial charge in [-0.1, -0.05) is 0 Å². The number of hydrogen-bond donors (Lipinski definition) is 0. The molecule has 0 saturated carbocycles. The molecule has 0 spiro atoms. The third-order valence-electron chi connectivity index (χ3n) is 1.24. The Morgan fingerprint density at radius 3 is 2.77 bits per heavy atom. The highest BCUT2D eigenvalue weighted by Gasteiger charge is 2.07. The summed E-state index contributed by atoms with van der Waals surface area (Å²) in [5.74, 6) is -0.0959. The third-order valence-corrected chi connectivity index (χ3v) is 2.02. The maximum Gasteiger partial charge on any atom is 0.168 e. The van der Waals surface area contributed by atoms with Crippen LogP contribution in [0.15, 0.2) is 12.3 Å². The zero-order valence-corrected chi connectivity index (χ0v) is 7.78. The molecule has 0 aliphatic carbocycles. The topological polar surface area (TPSA) is 77.0 Å². The van der Waals surface area contributed by atoms with Crippen LogP contribution in [-0.2, 0) is 15.6 Å². The van der Waals surface area contributed by atoms with Crippen LogP contribution in [0.2, 0.25) is 0 Å². The second-order valence-corrected chi connectivity index (χ2v) is 4.73. The summed E-state index contributed by atoms with van der Waals surface area (Å²) in [6.45, 7) is 0. The first-order valence-electron chi connectivity index (χ1n) is 3.46. The molecule has 70 valence electrons. The second-order valence-electron chi connectivity index (χ2n) is 2.59. The molecule has 0 unspecified atom stereocenters. The predicted octanol–water partition coefficient (Wildman–Crippen LogP) is -0.166. The highest BCUT2D eigenvalue weighted by atomic mass is 32.2. The third kappa shape index (κ3) is 3.29. The average Bonchev–Trinajstić information content (AvgIpc) is 2.01. The molecule has 0 fully saturated rings. The Hall–Kier alpha value is -1.30. The van der Waals surface area contributed by atoms with Gasteiger partial charge in [0.1, 0.15) is 17.3 Å². The Labute approximate surface area is 75.8 Å². The van der Waals surface area contributed by atoms with Gasteiger partial charge in [0.15, 0.2) is 16.1 Å². The van der Waals surface area contributed by atoms with Gasteiger partial charge in [-0.3, -0.25) is 4.79 Å². The van der Waals surface area contributed by atoms with E-state index in [2.05, 4.69) is 9.97 Å². The van der Waals surface area contributed by atoms with Gasteiger partial charge in [-0.15, -0.1) is 0 Å². The van der Waals surface area contributed by atoms with Crippen molar-refractivity contribution in [3.8, 4) is 0 Å². The van der Waals surface area contributed by atoms with E-state index in [4.69, 9.17) is 0 Å². The lowest BCUT2D eigenvalue weighted by atomic mass is 10.4. The molecule has 0 amide bonds. The van der Waals surface area contributed by atoms with Crippen molar-refractivity contribution in [1.29, 1.82) is 0 Å². The lowest BCUT2D eigenvalue weighted by Gasteiger charge is -1.97. The average molecular weight is 200 g/mol. The Morgan fingerprint density at radius 1 is 1.54 bits per heavy atom. The molecule has 0 aliphatic heterocycles. The Morgan fingerprint density at radius 2 is 2.23 bits per heavy atom. The van der Waals surface area contributed by atoms with Crippen molar-refractivity contribution in [3.05, 3.63) is 23.8 Å². The largest absolute Gasteiger partial charge is 0.296 e. The summed E-state index contributed by atoms with van der Waals surface area (Å²) in [5.41, 5.74) is 0.189. The van der Waals surface area contributed by atoms with Crippen molar-refractivity contribution in [2.45, 2.75) is 5.75 Å². The summed E-state index contributed by atoms with van der Waals surface area (Å²) in [5, 5.41) is 0. The van der Waals surface area contributed by atoms with Gasteiger partial charge < -0.3 is 0 Å². The van der Waals surface area contributed by atoms with Gasteiger partial charge in [-0.2, -0.15) is 0 Å². The number of aldehydes is 1. The number of carbonyl (C=O) groups is 1. The fourth-order valence-corrected chi connectivity index (χ4v) is 1.39. The number of rotatable bonds is 3. The summed E-state index contributed by atoms with van der Waals surface area (Å²) < 4.78 is 21.7. The van der Waals surface area contributed by atoms with E-state index in [9.17, 15) is 13.2 Å². The van der Waals surface area contributed by atoms with Crippen LogP contribution in [0.25, 0.3) is 0 Å². The van der Waals surface area contributed by atoms with Gasteiger partial charge in [-0.05, 0) is 6.07 Å². The van der Waals surface area contributed by atoms with E-state index in [-0.39, 0.29) is 17.3 Å². The first-order chi connectivity index (χ1) is 6.01. The van der Waals surface area contributed by atoms with E-state index >= 15 is 0 Å². The molecular formula is C7H8N2O3S. The quantitative estimate of drug-likeness (QED) is 0.633. The number of hydrogen-bond acceptors (Lipinski definition) is 5. The zero-order valence-electron chi connectivity index (χ0n) is 6.97. The first kappa shape index (κ1) is 9.79. The molecule has 1 aromatic heterocycles. The number of sulfone groups is 1. The van der Waals surface area contributed by atoms with Gasteiger partial charge >= 0.3 is 0 Å². The van der Waals surface area contributed by atoms with E-state index in [1.54, 1.807) is 0 Å². The predicted molar refractivity (Wildman–Crippen MR) is 46.0 cm³/mol. The maximum atomic E-state index is 10.8. The SMILES string of the molecule is CS(=O)(=O)Cc1nccc(C=O)n1. The Balaban J connectivity index is 2.96. The summed E-state index contributed by atoms with van der Waals surface area (Å²) in [4.78, 5) is 17.7. The lowest BCUT2D eigenvalue weighted by Crippen LogP contribution is -2.06. The van der Waals surface area contributed by atoms with Gasteiger partial charge in [-0.25, -0.2) is 18.4 Å². The fraction of sp³-hybridized carbons (Fsp3) is 0.286. The summed E-state index contributed by atoms with van der Waals surface area (Å²) in [6, 6.07) is 1.42. The smallest absolute Gasteiger partial charge is 0.168 e. The van der Waals surface area contributed by atoms with Crippen LogP contribution in [-0.4, -0.2) is 30.9 Å². The van der Waals surface area contributed by atoms with Gasteiger partial charge in [0.25, 0.3) is 0 Å². The molecule has 1 heterocycles. The highest BCUT2D eigenvalue weighted by Crippen LogP contribution is 1.98. The van der Waals surface area contributed by atoms with Crippen LogP contribution in [0.5, 0.6) is 0 Å². The van der Waals surface area contributed by atoms with E-state index in [1.807, 2.05) is 0 Å². The molecular weight excluding hydrogens is 192 g/mol. The molecule has 5 nitrogen and oxygen atoms in total. The van der Waals surface area contributed by atoms with E-state index in [1.165, 1.54) is 12.3 Å². The van der Waals surface area contributed by atoms with Crippen LogP contribution >= 0.6 is 0 Å². The number of nitrogens with zero attached hydrogens (tertiary/aromatic N) is 2. The van der Waals surface area contributed by atoms with E-state index < -0.39 is 9.84 Å². The van der Waals surface area contributed by atoms with Crippen molar-refractivity contribution in [3.63, 3.8) is 0 Å². The van der Waals surface area contributed by atoms with Crippen LogP contribution in [0.4, 0.5) is 0 Å². The minimum absolute atomic E-state index is 0.145. The standard InChI is InChI=1S/C7H8N2O3S/c1-13(11,12)5-7-8-3-2-6(4-10)9-7/h2-4H,5H2,1H3. The van der Waals surface area contributed by atoms with Crippen LogP contribution < -0.4 is 0 Å². The fourth-order valence-electron chi connectivity index (χ4n) is 0.785. The zero-order chi connectivity index (χ0) is 9.90. The van der Waals surface area contributed by atoms with E-state index in [0.717, 1.165) is 6.26 Å². The molecule has 6 heteroatoms. The monoisotopic (exact) mass is 200 g/mol. The minimum atomic E-state index is -3.14. The molecule has 0 bridgehead atoms. The molecule has 0 aromatic carbocycles. The van der Waals surface area contributed by atoms with Gasteiger partial charge in [0.2, 0.25) is 0 Å². The van der Waals surface area contributed by atoms with Crippen LogP contribution in [0, 0.1) is 0 Å². The lowest BCUT2D eigenvalue weighted by molar-refractivity contribution is 0.111. The summed E-state index contributed by atoms with van der Waals surface area (Å²) in [7, 11) is -3.14. The molecule has 0 saturated heterocycles. The van der Waals surface area contributed by atoms with Crippen LogP contribution in [0.3, 0.4) is 0 Å². The molecule has 1 rings (SSSR count). The number of carbonyl (C=O) groups excluding carboxylic acids is 1. The van der Waals surface area contributed by atoms with E-state index in [0.29, 0.717) is 6.29 Å². The first-order valence-corrected chi connectivity index (χ1v) is 5.52. The molecule has 0 atom stereocenters. The van der Waals surface area contributed by atoms with Crippen molar-refractivity contribution < 1.29 is 13.2 Å². The second kappa shape index (κ2) is 3.61. The summed E-state index contributed by atoms with van der Waals surface area (Å²) in [6.07, 6.45) is 2.99. The maximum absolute atomic E-state index is 10.8. The molecule has 1 aromatic rings. The van der Waals surface area contributed by atoms with Crippen LogP contribution in [0.1, 0.15) is 16.3 Å². The van der Waals surface area contributed by atoms with Crippen molar-refractivity contribution in [2.75, 3.05) is 6.26 Å². The Bertz CT molecular complexity index is 414. The number of aromatic nitrogens is 2.